The molecule has 12 heavy (non-hydrogen) atoms. The minimum Gasteiger partial charge on any atom is -0.508 e. The van der Waals surface area contributed by atoms with Gasteiger partial charge in [-0.05, 0) is 31.5 Å². The lowest BCUT2D eigenvalue weighted by molar-refractivity contribution is 0.463. The zero-order valence-corrected chi connectivity index (χ0v) is 8.72. The predicted octanol–water partition coefficient (Wildman–Crippen LogP) is 2.48. The van der Waals surface area contributed by atoms with Gasteiger partial charge in [0.15, 0.2) is 0 Å². The van der Waals surface area contributed by atoms with Crippen LogP contribution in [0.15, 0.2) is 16.6 Å². The highest BCUT2D eigenvalue weighted by molar-refractivity contribution is 9.10. The number of halogens is 1. The topological polar surface area (TPSA) is 46.2 Å². The van der Waals surface area contributed by atoms with Crippen molar-refractivity contribution in [1.29, 1.82) is 0 Å². The van der Waals surface area contributed by atoms with Crippen LogP contribution in [0, 0.1) is 6.92 Å². The van der Waals surface area contributed by atoms with Crippen LogP contribution in [0.5, 0.6) is 5.75 Å². The summed E-state index contributed by atoms with van der Waals surface area (Å²) in [6.45, 7) is 3.77. The van der Waals surface area contributed by atoms with Crippen LogP contribution < -0.4 is 5.73 Å². The van der Waals surface area contributed by atoms with Crippen LogP contribution in [-0.2, 0) is 0 Å². The fraction of sp³-hybridized carbons (Fsp3) is 0.333. The molecule has 0 radical (unpaired) electrons. The smallest absolute Gasteiger partial charge is 0.120 e. The van der Waals surface area contributed by atoms with Crippen molar-refractivity contribution in [2.24, 2.45) is 5.73 Å². The van der Waals surface area contributed by atoms with Crippen LogP contribution in [0.3, 0.4) is 0 Å². The van der Waals surface area contributed by atoms with Crippen molar-refractivity contribution in [3.63, 3.8) is 0 Å². The standard InChI is InChI=1S/C9H12BrNO/c1-5-3-9(12)7(6(2)11)4-8(5)10/h3-4,6,12H,11H2,1-2H3. The van der Waals surface area contributed by atoms with Gasteiger partial charge in [-0.15, -0.1) is 0 Å². The first kappa shape index (κ1) is 9.55. The van der Waals surface area contributed by atoms with Gasteiger partial charge in [0.05, 0.1) is 0 Å². The van der Waals surface area contributed by atoms with Gasteiger partial charge in [0.25, 0.3) is 0 Å². The molecule has 1 aromatic carbocycles. The van der Waals surface area contributed by atoms with E-state index >= 15 is 0 Å². The molecule has 0 amide bonds. The molecule has 0 bridgehead atoms. The summed E-state index contributed by atoms with van der Waals surface area (Å²) in [6.07, 6.45) is 0. The highest BCUT2D eigenvalue weighted by atomic mass is 79.9. The molecule has 0 aliphatic carbocycles. The fourth-order valence-corrected chi connectivity index (χ4v) is 1.41. The van der Waals surface area contributed by atoms with Gasteiger partial charge in [-0.1, -0.05) is 15.9 Å². The molecule has 0 fully saturated rings. The van der Waals surface area contributed by atoms with Crippen molar-refractivity contribution in [2.45, 2.75) is 19.9 Å². The second-order valence-corrected chi connectivity index (χ2v) is 3.80. The number of aromatic hydroxyl groups is 1. The Bertz CT molecular complexity index is 297. The molecule has 66 valence electrons. The summed E-state index contributed by atoms with van der Waals surface area (Å²) in [5.74, 6) is 0.269. The van der Waals surface area contributed by atoms with E-state index in [4.69, 9.17) is 5.73 Å². The molecule has 0 saturated heterocycles. The predicted molar refractivity (Wildman–Crippen MR) is 53.1 cm³/mol. The Labute approximate surface area is 80.5 Å². The van der Waals surface area contributed by atoms with Gasteiger partial charge in [-0.25, -0.2) is 0 Å². The molecule has 0 aliphatic heterocycles. The Kier molecular flexibility index (Phi) is 2.75. The molecular formula is C9H12BrNO. The Morgan fingerprint density at radius 1 is 1.50 bits per heavy atom. The quantitative estimate of drug-likeness (QED) is 0.778. The van der Waals surface area contributed by atoms with Gasteiger partial charge in [-0.3, -0.25) is 0 Å². The maximum absolute atomic E-state index is 9.49. The van der Waals surface area contributed by atoms with Crippen molar-refractivity contribution in [1.82, 2.24) is 0 Å². The van der Waals surface area contributed by atoms with Gasteiger partial charge < -0.3 is 10.8 Å². The number of phenols is 1. The maximum atomic E-state index is 9.49. The first-order valence-corrected chi connectivity index (χ1v) is 4.56. The van der Waals surface area contributed by atoms with E-state index in [2.05, 4.69) is 15.9 Å². The summed E-state index contributed by atoms with van der Waals surface area (Å²) in [4.78, 5) is 0. The van der Waals surface area contributed by atoms with E-state index < -0.39 is 0 Å². The lowest BCUT2D eigenvalue weighted by atomic mass is 10.1. The van der Waals surface area contributed by atoms with E-state index in [1.165, 1.54) is 0 Å². The number of aryl methyl sites for hydroxylation is 1. The molecule has 1 aromatic rings. The maximum Gasteiger partial charge on any atom is 0.120 e. The summed E-state index contributed by atoms with van der Waals surface area (Å²) >= 11 is 3.38. The SMILES string of the molecule is Cc1cc(O)c(C(C)N)cc1Br. The number of hydrogen-bond donors (Lipinski definition) is 2. The van der Waals surface area contributed by atoms with E-state index in [9.17, 15) is 5.11 Å². The zero-order chi connectivity index (χ0) is 9.30. The molecule has 0 aliphatic rings. The lowest BCUT2D eigenvalue weighted by Gasteiger charge is -2.10. The van der Waals surface area contributed by atoms with Crippen molar-refractivity contribution in [3.05, 3.63) is 27.7 Å². The molecular weight excluding hydrogens is 218 g/mol. The normalized spacial score (nSPS) is 13.0. The van der Waals surface area contributed by atoms with Crippen LogP contribution in [0.25, 0.3) is 0 Å². The summed E-state index contributed by atoms with van der Waals surface area (Å²) < 4.78 is 0.979. The van der Waals surface area contributed by atoms with Crippen LogP contribution in [-0.4, -0.2) is 5.11 Å². The molecule has 0 spiro atoms. The molecule has 3 heteroatoms. The molecule has 1 atom stereocenters. The third kappa shape index (κ3) is 1.79. The van der Waals surface area contributed by atoms with Crippen LogP contribution >= 0.6 is 15.9 Å². The largest absolute Gasteiger partial charge is 0.508 e. The van der Waals surface area contributed by atoms with Crippen molar-refractivity contribution in [2.75, 3.05) is 0 Å². The van der Waals surface area contributed by atoms with Gasteiger partial charge in [0, 0.05) is 16.1 Å². The molecule has 1 rings (SSSR count). The minimum absolute atomic E-state index is 0.137. The molecule has 2 nitrogen and oxygen atoms in total. The highest BCUT2D eigenvalue weighted by Crippen LogP contribution is 2.29. The van der Waals surface area contributed by atoms with E-state index in [0.717, 1.165) is 15.6 Å². The Hall–Kier alpha value is -0.540. The monoisotopic (exact) mass is 229 g/mol. The molecule has 1 unspecified atom stereocenters. The van der Waals surface area contributed by atoms with Gasteiger partial charge in [0.1, 0.15) is 5.75 Å². The molecule has 0 heterocycles. The first-order chi connectivity index (χ1) is 5.52. The van der Waals surface area contributed by atoms with Crippen LogP contribution in [0.4, 0.5) is 0 Å². The third-order valence-electron chi connectivity index (χ3n) is 1.80. The average molecular weight is 230 g/mol. The fourth-order valence-electron chi connectivity index (χ4n) is 1.05. The third-order valence-corrected chi connectivity index (χ3v) is 2.65. The van der Waals surface area contributed by atoms with Crippen molar-refractivity contribution >= 4 is 15.9 Å². The summed E-state index contributed by atoms with van der Waals surface area (Å²) in [7, 11) is 0. The second kappa shape index (κ2) is 3.46. The van der Waals surface area contributed by atoms with Crippen LogP contribution in [0.2, 0.25) is 0 Å². The highest BCUT2D eigenvalue weighted by Gasteiger charge is 2.07. The second-order valence-electron chi connectivity index (χ2n) is 2.95. The summed E-state index contributed by atoms with van der Waals surface area (Å²) in [5.41, 5.74) is 7.43. The van der Waals surface area contributed by atoms with E-state index in [1.807, 2.05) is 19.9 Å². The molecule has 0 saturated carbocycles. The Balaban J connectivity index is 3.23. The molecule has 3 N–H and O–H groups in total. The first-order valence-electron chi connectivity index (χ1n) is 3.77. The number of benzene rings is 1. The molecule has 0 aromatic heterocycles. The van der Waals surface area contributed by atoms with E-state index in [-0.39, 0.29) is 11.8 Å². The zero-order valence-electron chi connectivity index (χ0n) is 7.13. The number of phenolic OH excluding ortho intramolecular Hbond substituents is 1. The minimum atomic E-state index is -0.137. The summed E-state index contributed by atoms with van der Waals surface area (Å²) in [6, 6.07) is 3.43. The van der Waals surface area contributed by atoms with Gasteiger partial charge in [0.2, 0.25) is 0 Å². The van der Waals surface area contributed by atoms with E-state index in [0.29, 0.717) is 0 Å². The van der Waals surface area contributed by atoms with Gasteiger partial charge >= 0.3 is 0 Å². The number of rotatable bonds is 1. The summed E-state index contributed by atoms with van der Waals surface area (Å²) in [5, 5.41) is 9.49. The Morgan fingerprint density at radius 3 is 2.58 bits per heavy atom. The number of hydrogen-bond acceptors (Lipinski definition) is 2. The van der Waals surface area contributed by atoms with Crippen molar-refractivity contribution in [3.8, 4) is 5.75 Å². The van der Waals surface area contributed by atoms with Crippen LogP contribution in [0.1, 0.15) is 24.1 Å². The van der Waals surface area contributed by atoms with E-state index in [1.54, 1.807) is 6.07 Å². The van der Waals surface area contributed by atoms with Gasteiger partial charge in [-0.2, -0.15) is 0 Å². The van der Waals surface area contributed by atoms with Crippen molar-refractivity contribution < 1.29 is 5.11 Å². The Morgan fingerprint density at radius 2 is 2.08 bits per heavy atom. The number of nitrogens with two attached hydrogens (primary N) is 1. The lowest BCUT2D eigenvalue weighted by Crippen LogP contribution is -2.05. The average Bonchev–Trinajstić information content (AvgIpc) is 1.96.